The fourth-order valence-electron chi connectivity index (χ4n) is 0.841. The van der Waals surface area contributed by atoms with Gasteiger partial charge < -0.3 is 13.8 Å². The van der Waals surface area contributed by atoms with Crippen molar-refractivity contribution in [1.82, 2.24) is 0 Å². The summed E-state index contributed by atoms with van der Waals surface area (Å²) in [5, 5.41) is 0. The Labute approximate surface area is 94.3 Å². The second-order valence-corrected chi connectivity index (χ2v) is 2.93. The van der Waals surface area contributed by atoms with Crippen LogP contribution in [0, 0.1) is 13.8 Å². The van der Waals surface area contributed by atoms with Gasteiger partial charge in [-0.2, -0.15) is 0 Å². The summed E-state index contributed by atoms with van der Waals surface area (Å²) in [6, 6.07) is 10.1. The van der Waals surface area contributed by atoms with E-state index in [1.54, 1.807) is 0 Å². The Hall–Kier alpha value is 0.324. The quantitative estimate of drug-likeness (QED) is 0.639. The van der Waals surface area contributed by atoms with Crippen molar-refractivity contribution < 1.29 is 32.7 Å². The Balaban J connectivity index is 0.000001000. The van der Waals surface area contributed by atoms with Gasteiger partial charge >= 0.3 is 0 Å². The van der Waals surface area contributed by atoms with Crippen LogP contribution in [0.2, 0.25) is 0 Å². The van der Waals surface area contributed by atoms with Gasteiger partial charge in [-0.3, -0.25) is 5.41 Å². The van der Waals surface area contributed by atoms with Crippen LogP contribution in [-0.2, 0) is 38.1 Å². The molecular weight excluding hydrogens is 209 g/mol. The van der Waals surface area contributed by atoms with Gasteiger partial charge in [0.1, 0.15) is 0 Å². The van der Waals surface area contributed by atoms with Crippen LogP contribution < -0.4 is 0 Å². The van der Waals surface area contributed by atoms with Crippen LogP contribution in [0.3, 0.4) is 0 Å². The van der Waals surface area contributed by atoms with Crippen molar-refractivity contribution in [3.05, 3.63) is 49.7 Å². The molecule has 0 amide bonds. The van der Waals surface area contributed by atoms with Gasteiger partial charge in [0.25, 0.3) is 0 Å². The average Bonchev–Trinajstić information content (AvgIpc) is 1.88. The smallest absolute Gasteiger partial charge is 0 e. The summed E-state index contributed by atoms with van der Waals surface area (Å²) in [5.74, 6) is 0. The first kappa shape index (κ1) is 11.3. The van der Waals surface area contributed by atoms with Crippen LogP contribution in [0.1, 0.15) is 12.5 Å². The number of hydrogen-bond acceptors (Lipinski definition) is 0. The van der Waals surface area contributed by atoms with E-state index in [0.717, 1.165) is 0 Å². The zero-order chi connectivity index (χ0) is 7.61. The molecule has 57 valence electrons. The molecular formula is C10H12Y-2. The van der Waals surface area contributed by atoms with E-state index in [4.69, 9.17) is 0 Å². The van der Waals surface area contributed by atoms with Crippen LogP contribution in [0.15, 0.2) is 30.3 Å². The van der Waals surface area contributed by atoms with Crippen LogP contribution in [-0.4, -0.2) is 0 Å². The van der Waals surface area contributed by atoms with Gasteiger partial charge in [0.2, 0.25) is 0 Å². The molecule has 0 unspecified atom stereocenters. The van der Waals surface area contributed by atoms with Gasteiger partial charge in [-0.15, -0.1) is 12.5 Å². The third-order valence-electron chi connectivity index (χ3n) is 1.47. The third kappa shape index (κ3) is 3.49. The number of benzene rings is 1. The Morgan fingerprint density at radius 3 is 1.82 bits per heavy atom. The largest absolute Gasteiger partial charge is 0.363 e. The Bertz CT molecular complexity index is 196. The Kier molecular flexibility index (Phi) is 4.50. The van der Waals surface area contributed by atoms with Gasteiger partial charge in [-0.05, 0) is 0 Å². The molecule has 1 rings (SSSR count). The molecule has 0 N–H and O–H groups in total. The van der Waals surface area contributed by atoms with Crippen molar-refractivity contribution in [2.24, 2.45) is 0 Å². The first-order valence-corrected chi connectivity index (χ1v) is 3.37. The van der Waals surface area contributed by atoms with Crippen LogP contribution in [0.4, 0.5) is 0 Å². The van der Waals surface area contributed by atoms with E-state index in [2.05, 4.69) is 13.8 Å². The van der Waals surface area contributed by atoms with Gasteiger partial charge in [0, 0.05) is 32.7 Å². The van der Waals surface area contributed by atoms with Crippen molar-refractivity contribution in [2.75, 3.05) is 0 Å². The SMILES string of the molecule is [CH2-]C([CH2-])(C)c1ccccc1.[Y]. The molecule has 0 nitrogen and oxygen atoms in total. The first-order chi connectivity index (χ1) is 4.61. The van der Waals surface area contributed by atoms with E-state index in [1.807, 2.05) is 37.3 Å². The van der Waals surface area contributed by atoms with E-state index in [9.17, 15) is 0 Å². The number of rotatable bonds is 1. The molecule has 1 aromatic carbocycles. The van der Waals surface area contributed by atoms with E-state index >= 15 is 0 Å². The summed E-state index contributed by atoms with van der Waals surface area (Å²) in [6.07, 6.45) is 0. The molecule has 1 aromatic rings. The minimum absolute atomic E-state index is 0. The zero-order valence-electron chi connectivity index (χ0n) is 6.88. The molecule has 0 aliphatic rings. The summed E-state index contributed by atoms with van der Waals surface area (Å²) in [4.78, 5) is 0. The Morgan fingerprint density at radius 2 is 1.55 bits per heavy atom. The van der Waals surface area contributed by atoms with Crippen LogP contribution in [0.25, 0.3) is 0 Å². The van der Waals surface area contributed by atoms with E-state index in [1.165, 1.54) is 5.56 Å². The maximum Gasteiger partial charge on any atom is 0 e. The van der Waals surface area contributed by atoms with Crippen molar-refractivity contribution in [3.8, 4) is 0 Å². The van der Waals surface area contributed by atoms with E-state index in [-0.39, 0.29) is 38.1 Å². The van der Waals surface area contributed by atoms with Gasteiger partial charge in [0.15, 0.2) is 0 Å². The normalized spacial score (nSPS) is 10.5. The van der Waals surface area contributed by atoms with E-state index in [0.29, 0.717) is 0 Å². The van der Waals surface area contributed by atoms with Crippen molar-refractivity contribution in [1.29, 1.82) is 0 Å². The molecule has 0 atom stereocenters. The molecule has 11 heavy (non-hydrogen) atoms. The molecule has 1 heteroatoms. The summed E-state index contributed by atoms with van der Waals surface area (Å²) in [7, 11) is 0. The van der Waals surface area contributed by atoms with Crippen molar-refractivity contribution in [2.45, 2.75) is 12.3 Å². The maximum atomic E-state index is 3.93. The molecule has 0 fully saturated rings. The molecule has 0 spiro atoms. The molecule has 0 bridgehead atoms. The fraction of sp³-hybridized carbons (Fsp3) is 0.200. The summed E-state index contributed by atoms with van der Waals surface area (Å²) < 4.78 is 0. The first-order valence-electron chi connectivity index (χ1n) is 3.37. The maximum absolute atomic E-state index is 3.93. The minimum Gasteiger partial charge on any atom is -0.363 e. The second kappa shape index (κ2) is 4.37. The summed E-state index contributed by atoms with van der Waals surface area (Å²) in [5.41, 5.74) is 0.969. The van der Waals surface area contributed by atoms with Crippen molar-refractivity contribution >= 4 is 0 Å². The molecule has 1 radical (unpaired) electrons. The summed E-state index contributed by atoms with van der Waals surface area (Å²) >= 11 is 0. The van der Waals surface area contributed by atoms with Crippen LogP contribution >= 0.6 is 0 Å². The second-order valence-electron chi connectivity index (χ2n) is 2.93. The Morgan fingerprint density at radius 1 is 1.09 bits per heavy atom. The predicted molar refractivity (Wildman–Crippen MR) is 44.5 cm³/mol. The number of hydrogen-bond donors (Lipinski definition) is 0. The molecule has 0 heterocycles. The van der Waals surface area contributed by atoms with Gasteiger partial charge in [-0.1, -0.05) is 30.3 Å². The van der Waals surface area contributed by atoms with Gasteiger partial charge in [-0.25, -0.2) is 0 Å². The molecule has 0 saturated carbocycles. The van der Waals surface area contributed by atoms with Crippen LogP contribution in [0.5, 0.6) is 0 Å². The van der Waals surface area contributed by atoms with Crippen molar-refractivity contribution in [3.63, 3.8) is 0 Å². The van der Waals surface area contributed by atoms with E-state index < -0.39 is 0 Å². The average molecular weight is 221 g/mol. The fourth-order valence-corrected chi connectivity index (χ4v) is 0.841. The molecule has 0 saturated heterocycles. The monoisotopic (exact) mass is 221 g/mol. The standard InChI is InChI=1S/C10H12.Y/c1-10(2,3)9-7-5-4-6-8-9;/h4-8H,1-2H2,3H3;/q-2;. The molecule has 0 aromatic heterocycles. The zero-order valence-corrected chi connectivity index (χ0v) is 9.72. The summed E-state index contributed by atoms with van der Waals surface area (Å²) in [6.45, 7) is 9.86. The predicted octanol–water partition coefficient (Wildman–Crippen LogP) is 2.61. The molecule has 0 aliphatic heterocycles. The minimum atomic E-state index is -0.207. The third-order valence-corrected chi connectivity index (χ3v) is 1.47. The molecule has 0 aliphatic carbocycles. The topological polar surface area (TPSA) is 0 Å². The van der Waals surface area contributed by atoms with Gasteiger partial charge in [0.05, 0.1) is 0 Å².